The molecular weight excluding hydrogens is 390 g/mol. The van der Waals surface area contributed by atoms with Crippen LogP contribution in [0.1, 0.15) is 70.9 Å². The number of hydrogen-bond acceptors (Lipinski definition) is 1. The van der Waals surface area contributed by atoms with Gasteiger partial charge < -0.3 is 0 Å². The predicted octanol–water partition coefficient (Wildman–Crippen LogP) is 7.15. The summed E-state index contributed by atoms with van der Waals surface area (Å²) >= 11 is 7.03. The maximum atomic E-state index is 4.60. The number of rotatable bonds is 8. The maximum Gasteiger partial charge on any atom is 0.107 e. The molecule has 21 heavy (non-hydrogen) atoms. The van der Waals surface area contributed by atoms with E-state index in [1.54, 1.807) is 5.57 Å². The van der Waals surface area contributed by atoms with Gasteiger partial charge in [0.25, 0.3) is 0 Å². The van der Waals surface area contributed by atoms with Gasteiger partial charge in [0.1, 0.15) is 4.60 Å². The van der Waals surface area contributed by atoms with E-state index in [1.165, 1.54) is 56.9 Å². The summed E-state index contributed by atoms with van der Waals surface area (Å²) in [4.78, 5) is 4.60. The second-order valence-electron chi connectivity index (χ2n) is 6.11. The number of pyridine rings is 1. The summed E-state index contributed by atoms with van der Waals surface area (Å²) in [6.07, 6.45) is 10.9. The number of aromatic nitrogens is 1. The van der Waals surface area contributed by atoms with Gasteiger partial charge in [-0.15, -0.1) is 0 Å². The minimum absolute atomic E-state index is 0.797. The van der Waals surface area contributed by atoms with Crippen LogP contribution in [0.4, 0.5) is 0 Å². The van der Waals surface area contributed by atoms with Crippen molar-refractivity contribution in [1.29, 1.82) is 0 Å². The van der Waals surface area contributed by atoms with E-state index in [0.29, 0.717) is 0 Å². The highest BCUT2D eigenvalue weighted by Crippen LogP contribution is 2.43. The van der Waals surface area contributed by atoms with Crippen LogP contribution in [-0.4, -0.2) is 4.98 Å². The first-order valence-electron chi connectivity index (χ1n) is 8.15. The summed E-state index contributed by atoms with van der Waals surface area (Å²) in [5.41, 5.74) is 4.14. The second-order valence-corrected chi connectivity index (χ2v) is 7.84. The number of nitrogens with zero attached hydrogens (tertiary/aromatic N) is 1. The molecule has 1 atom stereocenters. The third-order valence-corrected chi connectivity index (χ3v) is 5.38. The lowest BCUT2D eigenvalue weighted by Crippen LogP contribution is -2.16. The molecule has 1 nitrogen and oxygen atoms in total. The van der Waals surface area contributed by atoms with E-state index in [-0.39, 0.29) is 0 Å². The van der Waals surface area contributed by atoms with E-state index in [4.69, 9.17) is 0 Å². The monoisotopic (exact) mass is 413 g/mol. The van der Waals surface area contributed by atoms with Gasteiger partial charge in [-0.1, -0.05) is 67.0 Å². The molecule has 0 bridgehead atoms. The molecule has 116 valence electrons. The highest BCUT2D eigenvalue weighted by molar-refractivity contribution is 9.11. The van der Waals surface area contributed by atoms with Gasteiger partial charge in [0, 0.05) is 4.47 Å². The molecule has 0 spiro atoms. The number of hydrogen-bond donors (Lipinski definition) is 0. The van der Waals surface area contributed by atoms with Crippen LogP contribution in [0.15, 0.2) is 26.8 Å². The van der Waals surface area contributed by atoms with Crippen LogP contribution in [0, 0.1) is 5.92 Å². The van der Waals surface area contributed by atoms with Crippen molar-refractivity contribution >= 4 is 37.4 Å². The molecule has 1 heterocycles. The Labute approximate surface area is 145 Å². The summed E-state index contributed by atoms with van der Waals surface area (Å²) in [5, 5.41) is 0. The molecule has 3 heteroatoms. The standard InChI is InChI=1S/C18H25Br2N/c1-3-4-5-6-7-8-9-14-10-16(13(14)2)17-11-15(19)12-18(20)21-17/h11-12,14H,3-10H2,1-2H3. The lowest BCUT2D eigenvalue weighted by atomic mass is 9.74. The molecule has 0 saturated heterocycles. The summed E-state index contributed by atoms with van der Waals surface area (Å²) in [7, 11) is 0. The third-order valence-electron chi connectivity index (χ3n) is 4.51. The van der Waals surface area contributed by atoms with E-state index >= 15 is 0 Å². The molecular formula is C18H25Br2N. The number of unbranched alkanes of at least 4 members (excludes halogenated alkanes) is 5. The first kappa shape index (κ1) is 17.2. The highest BCUT2D eigenvalue weighted by atomic mass is 79.9. The smallest absolute Gasteiger partial charge is 0.107 e. The van der Waals surface area contributed by atoms with Gasteiger partial charge in [-0.2, -0.15) is 0 Å². The first-order chi connectivity index (χ1) is 10.1. The van der Waals surface area contributed by atoms with Crippen molar-refractivity contribution < 1.29 is 0 Å². The molecule has 1 unspecified atom stereocenters. The zero-order chi connectivity index (χ0) is 15.2. The Balaban J connectivity index is 1.81. The predicted molar refractivity (Wildman–Crippen MR) is 98.3 cm³/mol. The second kappa shape index (κ2) is 8.47. The van der Waals surface area contributed by atoms with E-state index < -0.39 is 0 Å². The topological polar surface area (TPSA) is 12.9 Å². The zero-order valence-corrected chi connectivity index (χ0v) is 16.3. The molecule has 0 radical (unpaired) electrons. The van der Waals surface area contributed by atoms with E-state index in [1.807, 2.05) is 6.07 Å². The lowest BCUT2D eigenvalue weighted by molar-refractivity contribution is 0.483. The number of allylic oxidation sites excluding steroid dienone is 2. The van der Waals surface area contributed by atoms with Crippen LogP contribution in [-0.2, 0) is 0 Å². The summed E-state index contributed by atoms with van der Waals surface area (Å²) in [6, 6.07) is 4.12. The van der Waals surface area contributed by atoms with Crippen molar-refractivity contribution in [2.24, 2.45) is 5.92 Å². The van der Waals surface area contributed by atoms with Crippen molar-refractivity contribution in [2.75, 3.05) is 0 Å². The van der Waals surface area contributed by atoms with Crippen LogP contribution in [0.3, 0.4) is 0 Å². The Hall–Kier alpha value is -0.150. The van der Waals surface area contributed by atoms with E-state index in [9.17, 15) is 0 Å². The van der Waals surface area contributed by atoms with Gasteiger partial charge in [-0.05, 0) is 59.3 Å². The van der Waals surface area contributed by atoms with Crippen LogP contribution in [0.2, 0.25) is 0 Å². The Morgan fingerprint density at radius 3 is 2.48 bits per heavy atom. The fourth-order valence-electron chi connectivity index (χ4n) is 3.09. The number of halogens is 2. The molecule has 0 saturated carbocycles. The van der Waals surface area contributed by atoms with Crippen molar-refractivity contribution in [3.8, 4) is 0 Å². The molecule has 0 amide bonds. The van der Waals surface area contributed by atoms with Crippen molar-refractivity contribution in [2.45, 2.75) is 65.2 Å². The Morgan fingerprint density at radius 1 is 1.10 bits per heavy atom. The zero-order valence-electron chi connectivity index (χ0n) is 13.1. The first-order valence-corrected chi connectivity index (χ1v) is 9.73. The van der Waals surface area contributed by atoms with Gasteiger partial charge >= 0.3 is 0 Å². The van der Waals surface area contributed by atoms with Gasteiger partial charge in [0.15, 0.2) is 0 Å². The fourth-order valence-corrected chi connectivity index (χ4v) is 4.27. The fraction of sp³-hybridized carbons (Fsp3) is 0.611. The average molecular weight is 415 g/mol. The van der Waals surface area contributed by atoms with Crippen molar-refractivity contribution in [3.05, 3.63) is 32.5 Å². The SMILES string of the molecule is CCCCCCCCC1CC(c2cc(Br)cc(Br)n2)=C1C. The van der Waals surface area contributed by atoms with Crippen molar-refractivity contribution in [1.82, 2.24) is 4.98 Å². The minimum atomic E-state index is 0.797. The molecule has 0 aliphatic heterocycles. The largest absolute Gasteiger partial charge is 0.241 e. The Kier molecular flexibility index (Phi) is 6.94. The third kappa shape index (κ3) is 4.92. The Bertz CT molecular complexity index is 488. The van der Waals surface area contributed by atoms with Gasteiger partial charge in [0.05, 0.1) is 5.69 Å². The summed E-state index contributed by atoms with van der Waals surface area (Å²) in [6.45, 7) is 4.56. The van der Waals surface area contributed by atoms with Gasteiger partial charge in [-0.3, -0.25) is 0 Å². The normalized spacial score (nSPS) is 18.0. The minimum Gasteiger partial charge on any atom is -0.241 e. The molecule has 0 N–H and O–H groups in total. The molecule has 0 aromatic carbocycles. The van der Waals surface area contributed by atoms with Crippen molar-refractivity contribution in [3.63, 3.8) is 0 Å². The molecule has 2 rings (SSSR count). The van der Waals surface area contributed by atoms with Crippen LogP contribution in [0.25, 0.3) is 5.57 Å². The lowest BCUT2D eigenvalue weighted by Gasteiger charge is -2.31. The molecule has 1 aliphatic rings. The van der Waals surface area contributed by atoms with Crippen LogP contribution in [0.5, 0.6) is 0 Å². The summed E-state index contributed by atoms with van der Waals surface area (Å²) < 4.78 is 2.01. The maximum absolute atomic E-state index is 4.60. The molecule has 1 aliphatic carbocycles. The van der Waals surface area contributed by atoms with Crippen LogP contribution >= 0.6 is 31.9 Å². The molecule has 1 aromatic rings. The van der Waals surface area contributed by atoms with E-state index in [0.717, 1.165) is 20.7 Å². The molecule has 1 aromatic heterocycles. The van der Waals surface area contributed by atoms with E-state index in [2.05, 4.69) is 56.8 Å². The highest BCUT2D eigenvalue weighted by Gasteiger charge is 2.27. The van der Waals surface area contributed by atoms with Crippen LogP contribution < -0.4 is 0 Å². The van der Waals surface area contributed by atoms with Gasteiger partial charge in [0.2, 0.25) is 0 Å². The van der Waals surface area contributed by atoms with Gasteiger partial charge in [-0.25, -0.2) is 4.98 Å². The summed E-state index contributed by atoms with van der Waals surface area (Å²) in [5.74, 6) is 0.797. The average Bonchev–Trinajstić information content (AvgIpc) is 2.43. The molecule has 0 fully saturated rings. The quantitative estimate of drug-likeness (QED) is 0.325. The Morgan fingerprint density at radius 2 is 1.81 bits per heavy atom.